The van der Waals surface area contributed by atoms with Gasteiger partial charge in [-0.1, -0.05) is 192 Å². The summed E-state index contributed by atoms with van der Waals surface area (Å²) < 4.78 is 47.4. The predicted molar refractivity (Wildman–Crippen MR) is 238 cm³/mol. The summed E-state index contributed by atoms with van der Waals surface area (Å²) in [6, 6.07) is -1.13. The molecule has 1 saturated heterocycles. The van der Waals surface area contributed by atoms with Crippen molar-refractivity contribution in [3.05, 3.63) is 24.3 Å². The molecule has 14 heteroatoms. The Labute approximate surface area is 364 Å². The summed E-state index contributed by atoms with van der Waals surface area (Å²) in [5.74, 6) is -0.711. The van der Waals surface area contributed by atoms with E-state index in [-0.39, 0.29) is 6.42 Å². The molecule has 0 saturated carbocycles. The van der Waals surface area contributed by atoms with Crippen LogP contribution < -0.4 is 5.32 Å². The molecule has 1 fully saturated rings. The van der Waals surface area contributed by atoms with Crippen LogP contribution in [0.1, 0.15) is 200 Å². The molecule has 60 heavy (non-hydrogen) atoms. The molecule has 1 amide bonds. The molecule has 0 aromatic heterocycles. The number of rotatable bonds is 40. The average molecular weight is 878 g/mol. The number of unbranched alkanes of at least 4 members (excludes halogenated alkanes) is 25. The standard InChI is InChI=1S/C46H87NO12S/c1-3-5-7-9-11-13-15-16-17-18-19-20-21-22-23-25-27-29-31-33-35-40(50)45(53)47-38(39(49)34-32-30-28-26-24-14-12-10-8-6-4-2)37-57-46-43(52)44(59-60(54,55)56)42(51)41(36-48)58-46/h24,26,32,34,38-44,46,48-52H,3-23,25,27-31,33,35-37H2,1-2H3,(H,47,53)(H,54,55,56)/b26-24+,34-32+. The van der Waals surface area contributed by atoms with Gasteiger partial charge in [0.25, 0.3) is 0 Å². The zero-order chi connectivity index (χ0) is 44.3. The van der Waals surface area contributed by atoms with Gasteiger partial charge in [0.05, 0.1) is 25.4 Å². The van der Waals surface area contributed by atoms with Crippen molar-refractivity contribution >= 4 is 16.3 Å². The van der Waals surface area contributed by atoms with E-state index in [0.717, 1.165) is 38.5 Å². The first-order valence-electron chi connectivity index (χ1n) is 23.8. The summed E-state index contributed by atoms with van der Waals surface area (Å²) >= 11 is 0. The second-order valence-electron chi connectivity index (χ2n) is 16.8. The third-order valence-electron chi connectivity index (χ3n) is 11.3. The molecule has 0 radical (unpaired) electrons. The zero-order valence-electron chi connectivity index (χ0n) is 37.4. The van der Waals surface area contributed by atoms with Crippen LogP contribution in [-0.2, 0) is 28.9 Å². The van der Waals surface area contributed by atoms with Crippen LogP contribution in [0.15, 0.2) is 24.3 Å². The van der Waals surface area contributed by atoms with E-state index < -0.39 is 78.5 Å². The van der Waals surface area contributed by atoms with Crippen molar-refractivity contribution in [1.82, 2.24) is 5.32 Å². The first-order valence-corrected chi connectivity index (χ1v) is 25.2. The van der Waals surface area contributed by atoms with E-state index >= 15 is 0 Å². The Bertz CT molecular complexity index is 1190. The highest BCUT2D eigenvalue weighted by atomic mass is 32.3. The monoisotopic (exact) mass is 878 g/mol. The molecular formula is C46H87NO12S. The maximum atomic E-state index is 13.1. The van der Waals surface area contributed by atoms with Crippen LogP contribution >= 0.6 is 0 Å². The number of hydrogen-bond donors (Lipinski definition) is 7. The molecule has 7 N–H and O–H groups in total. The third-order valence-corrected chi connectivity index (χ3v) is 11.8. The lowest BCUT2D eigenvalue weighted by atomic mass is 9.99. The quantitative estimate of drug-likeness (QED) is 0.0176. The van der Waals surface area contributed by atoms with Crippen LogP contribution in [0.4, 0.5) is 0 Å². The second kappa shape index (κ2) is 37.0. The third kappa shape index (κ3) is 29.0. The molecule has 1 rings (SSSR count). The zero-order valence-corrected chi connectivity index (χ0v) is 38.2. The Hall–Kier alpha value is -1.46. The van der Waals surface area contributed by atoms with Crippen LogP contribution in [0.25, 0.3) is 0 Å². The molecule has 0 aromatic carbocycles. The van der Waals surface area contributed by atoms with Gasteiger partial charge in [-0.25, -0.2) is 4.18 Å². The van der Waals surface area contributed by atoms with Gasteiger partial charge in [-0.3, -0.25) is 9.35 Å². The van der Waals surface area contributed by atoms with Crippen molar-refractivity contribution in [3.63, 3.8) is 0 Å². The Morgan fingerprint density at radius 1 is 0.667 bits per heavy atom. The van der Waals surface area contributed by atoms with Gasteiger partial charge in [-0.05, 0) is 32.1 Å². The largest absolute Gasteiger partial charge is 0.397 e. The van der Waals surface area contributed by atoms with E-state index in [0.29, 0.717) is 12.8 Å². The van der Waals surface area contributed by atoms with E-state index in [1.54, 1.807) is 6.08 Å². The SMILES string of the molecule is CCCCCCC/C=C/CC/C=C/C(O)C(COC1OC(CO)C(O)C(OS(=O)(=O)O)C1O)NC(=O)C(O)CCCCCCCCCCCCCCCCCCCCCC. The second-order valence-corrected chi connectivity index (χ2v) is 17.9. The maximum absolute atomic E-state index is 13.1. The van der Waals surface area contributed by atoms with Crippen LogP contribution in [0.3, 0.4) is 0 Å². The van der Waals surface area contributed by atoms with E-state index in [2.05, 4.69) is 35.5 Å². The predicted octanol–water partition coefficient (Wildman–Crippen LogP) is 8.30. The van der Waals surface area contributed by atoms with Crippen molar-refractivity contribution in [3.8, 4) is 0 Å². The number of amides is 1. The van der Waals surface area contributed by atoms with Crippen molar-refractivity contribution in [2.45, 2.75) is 249 Å². The number of nitrogens with one attached hydrogen (secondary N) is 1. The highest BCUT2D eigenvalue weighted by molar-refractivity contribution is 7.80. The molecule has 1 heterocycles. The van der Waals surface area contributed by atoms with Crippen molar-refractivity contribution in [2.75, 3.05) is 13.2 Å². The Morgan fingerprint density at radius 2 is 1.12 bits per heavy atom. The fourth-order valence-electron chi connectivity index (χ4n) is 7.54. The van der Waals surface area contributed by atoms with Crippen molar-refractivity contribution in [1.29, 1.82) is 0 Å². The summed E-state index contributed by atoms with van der Waals surface area (Å²) in [7, 11) is -5.12. The van der Waals surface area contributed by atoms with Crippen LogP contribution in [-0.4, -0.2) is 107 Å². The van der Waals surface area contributed by atoms with Gasteiger partial charge in [0.2, 0.25) is 5.91 Å². The fourth-order valence-corrected chi connectivity index (χ4v) is 8.04. The first kappa shape index (κ1) is 56.6. The molecule has 8 unspecified atom stereocenters. The molecule has 0 aromatic rings. The van der Waals surface area contributed by atoms with E-state index in [4.69, 9.17) is 14.0 Å². The first-order chi connectivity index (χ1) is 28.9. The average Bonchev–Trinajstić information content (AvgIpc) is 3.22. The number of hydrogen-bond acceptors (Lipinski definition) is 11. The van der Waals surface area contributed by atoms with Gasteiger partial charge in [-0.15, -0.1) is 0 Å². The fraction of sp³-hybridized carbons (Fsp3) is 0.891. The van der Waals surface area contributed by atoms with Gasteiger partial charge in [0.1, 0.15) is 30.5 Å². The smallest absolute Gasteiger partial charge is 0.394 e. The molecule has 0 aliphatic carbocycles. The van der Waals surface area contributed by atoms with Crippen molar-refractivity contribution in [2.24, 2.45) is 0 Å². The summed E-state index contributed by atoms with van der Waals surface area (Å²) in [4.78, 5) is 13.1. The van der Waals surface area contributed by atoms with Gasteiger partial charge in [0.15, 0.2) is 6.29 Å². The number of carbonyl (C=O) groups excluding carboxylic acids is 1. The highest BCUT2D eigenvalue weighted by Gasteiger charge is 2.48. The molecule has 13 nitrogen and oxygen atoms in total. The van der Waals surface area contributed by atoms with Crippen LogP contribution in [0.2, 0.25) is 0 Å². The van der Waals surface area contributed by atoms with Gasteiger partial charge in [0, 0.05) is 0 Å². The summed E-state index contributed by atoms with van der Waals surface area (Å²) in [5.41, 5.74) is 0. The molecule has 8 atom stereocenters. The minimum Gasteiger partial charge on any atom is -0.394 e. The van der Waals surface area contributed by atoms with Crippen LogP contribution in [0.5, 0.6) is 0 Å². The lowest BCUT2D eigenvalue weighted by Gasteiger charge is -2.41. The molecule has 1 aliphatic rings. The summed E-state index contributed by atoms with van der Waals surface area (Å²) in [6.07, 6.45) is 29.9. The Morgan fingerprint density at radius 3 is 1.60 bits per heavy atom. The molecule has 0 bridgehead atoms. The van der Waals surface area contributed by atoms with Gasteiger partial charge >= 0.3 is 10.4 Å². The lowest BCUT2D eigenvalue weighted by Crippen LogP contribution is -2.61. The highest BCUT2D eigenvalue weighted by Crippen LogP contribution is 2.26. The van der Waals surface area contributed by atoms with E-state index in [9.17, 15) is 38.7 Å². The number of ether oxygens (including phenoxy) is 2. The minimum atomic E-state index is -5.12. The normalized spacial score (nSPS) is 21.5. The van der Waals surface area contributed by atoms with E-state index in [1.165, 1.54) is 134 Å². The maximum Gasteiger partial charge on any atom is 0.397 e. The van der Waals surface area contributed by atoms with Crippen LogP contribution in [0, 0.1) is 0 Å². The molecule has 1 aliphatic heterocycles. The molecule has 354 valence electrons. The summed E-state index contributed by atoms with van der Waals surface area (Å²) in [6.45, 7) is 3.18. The van der Waals surface area contributed by atoms with Gasteiger partial charge < -0.3 is 40.3 Å². The topological polar surface area (TPSA) is 212 Å². The van der Waals surface area contributed by atoms with E-state index in [1.807, 2.05) is 0 Å². The molecular weight excluding hydrogens is 791 g/mol. The number of carbonyl (C=O) groups is 1. The number of aliphatic hydroxyl groups excluding tert-OH is 5. The molecule has 0 spiro atoms. The number of aliphatic hydroxyl groups is 5. The summed E-state index contributed by atoms with van der Waals surface area (Å²) in [5, 5.41) is 55.1. The Balaban J connectivity index is 2.50. The lowest BCUT2D eigenvalue weighted by molar-refractivity contribution is -0.298. The van der Waals surface area contributed by atoms with Crippen molar-refractivity contribution < 1.29 is 57.0 Å². The minimum absolute atomic E-state index is 0.240. The number of allylic oxidation sites excluding steroid dienone is 3. The Kier molecular flexibility index (Phi) is 34.8. The van der Waals surface area contributed by atoms with Gasteiger partial charge in [-0.2, -0.15) is 8.42 Å².